The summed E-state index contributed by atoms with van der Waals surface area (Å²) < 4.78 is 0. The van der Waals surface area contributed by atoms with Crippen LogP contribution in [0.2, 0.25) is 0 Å². The molecule has 3 heteroatoms. The standard InChI is InChI=1S/C13H27N3/c1-3-12(10-14-2)16-9-8-15-7-5-4-6-13(15)11-16/h12-14H,3-11H2,1-2H3. The van der Waals surface area contributed by atoms with Crippen molar-refractivity contribution in [1.29, 1.82) is 0 Å². The fraction of sp³-hybridized carbons (Fsp3) is 1.00. The molecule has 0 aromatic carbocycles. The Morgan fingerprint density at radius 2 is 2.12 bits per heavy atom. The molecule has 2 fully saturated rings. The van der Waals surface area contributed by atoms with Gasteiger partial charge in [0.05, 0.1) is 0 Å². The van der Waals surface area contributed by atoms with Crippen LogP contribution in [0, 0.1) is 0 Å². The summed E-state index contributed by atoms with van der Waals surface area (Å²) in [6.07, 6.45) is 5.56. The van der Waals surface area contributed by atoms with Gasteiger partial charge in [0.2, 0.25) is 0 Å². The Labute approximate surface area is 100 Å². The van der Waals surface area contributed by atoms with E-state index in [0.29, 0.717) is 0 Å². The van der Waals surface area contributed by atoms with Crippen LogP contribution in [0.25, 0.3) is 0 Å². The number of nitrogens with one attached hydrogen (secondary N) is 1. The van der Waals surface area contributed by atoms with E-state index in [9.17, 15) is 0 Å². The van der Waals surface area contributed by atoms with Gasteiger partial charge < -0.3 is 5.32 Å². The summed E-state index contributed by atoms with van der Waals surface area (Å²) in [5, 5.41) is 3.33. The van der Waals surface area contributed by atoms with Crippen molar-refractivity contribution in [3.63, 3.8) is 0 Å². The van der Waals surface area contributed by atoms with E-state index in [1.165, 1.54) is 51.9 Å². The van der Waals surface area contributed by atoms with E-state index in [2.05, 4.69) is 29.1 Å². The van der Waals surface area contributed by atoms with E-state index >= 15 is 0 Å². The number of fused-ring (bicyclic) bond motifs is 1. The van der Waals surface area contributed by atoms with E-state index < -0.39 is 0 Å². The molecule has 2 aliphatic rings. The molecule has 2 unspecified atom stereocenters. The fourth-order valence-electron chi connectivity index (χ4n) is 3.28. The Kier molecular flexibility index (Phi) is 4.62. The van der Waals surface area contributed by atoms with Gasteiger partial charge in [-0.1, -0.05) is 13.3 Å². The fourth-order valence-corrected chi connectivity index (χ4v) is 3.28. The Hall–Kier alpha value is -0.120. The van der Waals surface area contributed by atoms with Crippen molar-refractivity contribution >= 4 is 0 Å². The highest BCUT2D eigenvalue weighted by molar-refractivity contribution is 4.88. The number of likely N-dealkylation sites (N-methyl/N-ethyl adjacent to an activating group) is 1. The Morgan fingerprint density at radius 1 is 1.25 bits per heavy atom. The molecule has 0 amide bonds. The van der Waals surface area contributed by atoms with Crippen molar-refractivity contribution in [3.05, 3.63) is 0 Å². The number of piperidine rings is 1. The summed E-state index contributed by atoms with van der Waals surface area (Å²) in [7, 11) is 2.07. The molecular weight excluding hydrogens is 198 g/mol. The zero-order valence-corrected chi connectivity index (χ0v) is 10.9. The smallest absolute Gasteiger partial charge is 0.0223 e. The van der Waals surface area contributed by atoms with Crippen LogP contribution in [0.3, 0.4) is 0 Å². The highest BCUT2D eigenvalue weighted by Crippen LogP contribution is 2.22. The molecule has 2 aliphatic heterocycles. The molecule has 0 aromatic rings. The van der Waals surface area contributed by atoms with Crippen molar-refractivity contribution in [3.8, 4) is 0 Å². The van der Waals surface area contributed by atoms with Gasteiger partial charge >= 0.3 is 0 Å². The molecule has 2 heterocycles. The molecule has 2 saturated heterocycles. The molecule has 0 saturated carbocycles. The van der Waals surface area contributed by atoms with Crippen LogP contribution in [-0.4, -0.2) is 61.7 Å². The van der Waals surface area contributed by atoms with Gasteiger partial charge in [-0.25, -0.2) is 0 Å². The first-order valence-corrected chi connectivity index (χ1v) is 6.97. The molecule has 0 bridgehead atoms. The van der Waals surface area contributed by atoms with Crippen molar-refractivity contribution in [1.82, 2.24) is 15.1 Å². The number of hydrogen-bond acceptors (Lipinski definition) is 3. The lowest BCUT2D eigenvalue weighted by molar-refractivity contribution is 0.0268. The molecule has 0 spiro atoms. The zero-order chi connectivity index (χ0) is 11.4. The maximum absolute atomic E-state index is 3.33. The number of nitrogens with zero attached hydrogens (tertiary/aromatic N) is 2. The normalized spacial score (nSPS) is 30.0. The molecule has 1 N–H and O–H groups in total. The minimum atomic E-state index is 0.745. The van der Waals surface area contributed by atoms with Crippen molar-refractivity contribution in [2.75, 3.05) is 39.8 Å². The third-order valence-electron chi connectivity index (χ3n) is 4.30. The molecule has 3 nitrogen and oxygen atoms in total. The average Bonchev–Trinajstić information content (AvgIpc) is 2.35. The number of hydrogen-bond donors (Lipinski definition) is 1. The Balaban J connectivity index is 1.88. The highest BCUT2D eigenvalue weighted by atomic mass is 15.3. The molecule has 2 atom stereocenters. The van der Waals surface area contributed by atoms with Gasteiger partial charge in [-0.15, -0.1) is 0 Å². The van der Waals surface area contributed by atoms with Crippen molar-refractivity contribution < 1.29 is 0 Å². The third-order valence-corrected chi connectivity index (χ3v) is 4.30. The predicted molar refractivity (Wildman–Crippen MR) is 68.8 cm³/mol. The van der Waals surface area contributed by atoms with Crippen LogP contribution in [-0.2, 0) is 0 Å². The molecule has 16 heavy (non-hydrogen) atoms. The number of piperazine rings is 1. The van der Waals surface area contributed by atoms with Gasteiger partial charge in [-0.3, -0.25) is 9.80 Å². The third kappa shape index (κ3) is 2.76. The van der Waals surface area contributed by atoms with Gasteiger partial charge in [0.1, 0.15) is 0 Å². The second kappa shape index (κ2) is 5.99. The van der Waals surface area contributed by atoms with Gasteiger partial charge in [0.15, 0.2) is 0 Å². The van der Waals surface area contributed by atoms with E-state index in [1.54, 1.807) is 0 Å². The first-order chi connectivity index (χ1) is 7.85. The van der Waals surface area contributed by atoms with E-state index in [-0.39, 0.29) is 0 Å². The summed E-state index contributed by atoms with van der Waals surface area (Å²) in [5.74, 6) is 0. The maximum Gasteiger partial charge on any atom is 0.0223 e. The van der Waals surface area contributed by atoms with Gasteiger partial charge in [0.25, 0.3) is 0 Å². The van der Waals surface area contributed by atoms with E-state index in [4.69, 9.17) is 0 Å². The van der Waals surface area contributed by atoms with E-state index in [0.717, 1.165) is 18.6 Å². The van der Waals surface area contributed by atoms with Crippen LogP contribution in [0.4, 0.5) is 0 Å². The quantitative estimate of drug-likeness (QED) is 0.774. The lowest BCUT2D eigenvalue weighted by atomic mass is 9.98. The lowest BCUT2D eigenvalue weighted by Gasteiger charge is -2.46. The van der Waals surface area contributed by atoms with Crippen molar-refractivity contribution in [2.24, 2.45) is 0 Å². The Bertz CT molecular complexity index is 207. The topological polar surface area (TPSA) is 18.5 Å². The monoisotopic (exact) mass is 225 g/mol. The van der Waals surface area contributed by atoms with E-state index in [1.807, 2.05) is 0 Å². The molecule has 94 valence electrons. The number of rotatable bonds is 4. The van der Waals surface area contributed by atoms with Crippen molar-refractivity contribution in [2.45, 2.75) is 44.7 Å². The SMILES string of the molecule is CCC(CNC)N1CCN2CCCCC2C1. The van der Waals surface area contributed by atoms with Gasteiger partial charge in [-0.05, 0) is 32.9 Å². The zero-order valence-electron chi connectivity index (χ0n) is 10.9. The second-order valence-corrected chi connectivity index (χ2v) is 5.30. The average molecular weight is 225 g/mol. The predicted octanol–water partition coefficient (Wildman–Crippen LogP) is 1.15. The van der Waals surface area contributed by atoms with Crippen LogP contribution in [0.5, 0.6) is 0 Å². The second-order valence-electron chi connectivity index (χ2n) is 5.30. The first-order valence-electron chi connectivity index (χ1n) is 6.97. The van der Waals surface area contributed by atoms with Crippen LogP contribution < -0.4 is 5.32 Å². The molecule has 0 aliphatic carbocycles. The maximum atomic E-state index is 3.33. The lowest BCUT2D eigenvalue weighted by Crippen LogP contribution is -2.58. The molecule has 0 radical (unpaired) electrons. The molecule has 0 aromatic heterocycles. The van der Waals surface area contributed by atoms with Crippen LogP contribution in [0.1, 0.15) is 32.6 Å². The summed E-state index contributed by atoms with van der Waals surface area (Å²) in [5.41, 5.74) is 0. The summed E-state index contributed by atoms with van der Waals surface area (Å²) >= 11 is 0. The van der Waals surface area contributed by atoms with Gasteiger partial charge in [-0.2, -0.15) is 0 Å². The minimum Gasteiger partial charge on any atom is -0.318 e. The molecular formula is C13H27N3. The summed E-state index contributed by atoms with van der Waals surface area (Å²) in [6, 6.07) is 1.60. The highest BCUT2D eigenvalue weighted by Gasteiger charge is 2.31. The minimum absolute atomic E-state index is 0.745. The Morgan fingerprint density at radius 3 is 2.88 bits per heavy atom. The van der Waals surface area contributed by atoms with Crippen LogP contribution in [0.15, 0.2) is 0 Å². The molecule has 2 rings (SSSR count). The first kappa shape index (κ1) is 12.3. The summed E-state index contributed by atoms with van der Waals surface area (Å²) in [4.78, 5) is 5.43. The summed E-state index contributed by atoms with van der Waals surface area (Å²) in [6.45, 7) is 8.68. The van der Waals surface area contributed by atoms with Gasteiger partial charge in [0, 0.05) is 38.3 Å². The largest absolute Gasteiger partial charge is 0.318 e. The van der Waals surface area contributed by atoms with Crippen LogP contribution >= 0.6 is 0 Å².